The monoisotopic (exact) mass is 196 g/mol. The Balaban J connectivity index is 2.10. The summed E-state index contributed by atoms with van der Waals surface area (Å²) < 4.78 is 10.3. The van der Waals surface area contributed by atoms with Gasteiger partial charge in [0.15, 0.2) is 0 Å². The number of carbonyl (C=O) groups excluding carboxylic acids is 1. The number of aliphatic hydroxyl groups is 1. The molecule has 0 bridgehead atoms. The lowest BCUT2D eigenvalue weighted by Gasteiger charge is -2.34. The maximum absolute atomic E-state index is 11.4. The average Bonchev–Trinajstić information content (AvgIpc) is 2.56. The molecule has 0 spiro atoms. The van der Waals surface area contributed by atoms with Gasteiger partial charge in [0.05, 0.1) is 17.8 Å². The maximum Gasteiger partial charge on any atom is 0.337 e. The number of esters is 1. The predicted octanol–water partition coefficient (Wildman–Crippen LogP) is 0.213. The molecule has 76 valence electrons. The molecule has 1 N–H and O–H groups in total. The van der Waals surface area contributed by atoms with Crippen molar-refractivity contribution < 1.29 is 19.4 Å². The molecule has 1 aliphatic carbocycles. The summed E-state index contributed by atoms with van der Waals surface area (Å²) in [7, 11) is 0. The minimum absolute atomic E-state index is 0.120. The lowest BCUT2D eigenvalue weighted by atomic mass is 9.81. The van der Waals surface area contributed by atoms with E-state index in [1.54, 1.807) is 0 Å². The van der Waals surface area contributed by atoms with Crippen LogP contribution in [0.1, 0.15) is 13.3 Å². The molecular formula is C10H12O4. The molecule has 1 saturated heterocycles. The zero-order valence-corrected chi connectivity index (χ0v) is 7.90. The Kier molecular flexibility index (Phi) is 1.37. The molecule has 0 aromatic rings. The Bertz CT molecular complexity index is 335. The summed E-state index contributed by atoms with van der Waals surface area (Å²) in [6.45, 7) is 2.24. The van der Waals surface area contributed by atoms with Crippen LogP contribution in [0.15, 0.2) is 11.8 Å². The fourth-order valence-electron chi connectivity index (χ4n) is 2.85. The Labute approximate surface area is 81.5 Å². The van der Waals surface area contributed by atoms with Crippen LogP contribution in [0.25, 0.3) is 0 Å². The normalized spacial score (nSPS) is 49.4. The molecule has 14 heavy (non-hydrogen) atoms. The van der Waals surface area contributed by atoms with Crippen molar-refractivity contribution in [3.05, 3.63) is 11.8 Å². The van der Waals surface area contributed by atoms with E-state index in [-0.39, 0.29) is 30.5 Å². The molecule has 1 saturated carbocycles. The predicted molar refractivity (Wildman–Crippen MR) is 46.1 cm³/mol. The van der Waals surface area contributed by atoms with Crippen LogP contribution < -0.4 is 0 Å². The van der Waals surface area contributed by atoms with Crippen molar-refractivity contribution in [2.45, 2.75) is 25.0 Å². The van der Waals surface area contributed by atoms with Crippen LogP contribution in [0.2, 0.25) is 0 Å². The molecule has 4 heteroatoms. The minimum atomic E-state index is -0.902. The summed E-state index contributed by atoms with van der Waals surface area (Å²) in [6.07, 6.45) is 2.03. The zero-order valence-electron chi connectivity index (χ0n) is 7.90. The van der Waals surface area contributed by atoms with E-state index in [1.165, 1.54) is 6.26 Å². The number of rotatable bonds is 0. The van der Waals surface area contributed by atoms with E-state index < -0.39 is 5.60 Å². The number of ether oxygens (including phenoxy) is 2. The highest BCUT2D eigenvalue weighted by molar-refractivity contribution is 5.92. The topological polar surface area (TPSA) is 55.8 Å². The van der Waals surface area contributed by atoms with E-state index in [0.717, 1.165) is 6.42 Å². The minimum Gasteiger partial charge on any atom is -0.498 e. The molecule has 3 aliphatic rings. The van der Waals surface area contributed by atoms with Gasteiger partial charge in [-0.15, -0.1) is 0 Å². The van der Waals surface area contributed by atoms with Gasteiger partial charge in [-0.25, -0.2) is 4.79 Å². The summed E-state index contributed by atoms with van der Waals surface area (Å²) in [5, 5.41) is 10.4. The van der Waals surface area contributed by atoms with Gasteiger partial charge in [0, 0.05) is 0 Å². The third-order valence-electron chi connectivity index (χ3n) is 3.70. The van der Waals surface area contributed by atoms with Gasteiger partial charge in [0.25, 0.3) is 0 Å². The van der Waals surface area contributed by atoms with Gasteiger partial charge in [0.2, 0.25) is 0 Å². The largest absolute Gasteiger partial charge is 0.498 e. The molecule has 3 rings (SSSR count). The molecular weight excluding hydrogens is 184 g/mol. The summed E-state index contributed by atoms with van der Waals surface area (Å²) in [6, 6.07) is 0. The van der Waals surface area contributed by atoms with Crippen LogP contribution in [0.3, 0.4) is 0 Å². The highest BCUT2D eigenvalue weighted by Gasteiger charge is 2.62. The fourth-order valence-corrected chi connectivity index (χ4v) is 2.85. The van der Waals surface area contributed by atoms with E-state index in [0.29, 0.717) is 5.57 Å². The molecule has 4 atom stereocenters. The Morgan fingerprint density at radius 2 is 2.43 bits per heavy atom. The second kappa shape index (κ2) is 2.31. The van der Waals surface area contributed by atoms with Crippen molar-refractivity contribution in [2.75, 3.05) is 6.61 Å². The maximum atomic E-state index is 11.4. The van der Waals surface area contributed by atoms with Gasteiger partial charge in [0.1, 0.15) is 18.3 Å². The van der Waals surface area contributed by atoms with Gasteiger partial charge in [-0.05, 0) is 12.3 Å². The van der Waals surface area contributed by atoms with E-state index in [2.05, 4.69) is 0 Å². The van der Waals surface area contributed by atoms with Gasteiger partial charge in [-0.3, -0.25) is 0 Å². The van der Waals surface area contributed by atoms with Crippen LogP contribution in [-0.2, 0) is 14.3 Å². The van der Waals surface area contributed by atoms with Crippen molar-refractivity contribution in [2.24, 2.45) is 11.8 Å². The second-order valence-electron chi connectivity index (χ2n) is 4.43. The van der Waals surface area contributed by atoms with Gasteiger partial charge < -0.3 is 14.6 Å². The molecule has 2 aliphatic heterocycles. The van der Waals surface area contributed by atoms with Crippen molar-refractivity contribution in [3.63, 3.8) is 0 Å². The molecule has 2 heterocycles. The van der Waals surface area contributed by atoms with Crippen LogP contribution in [0.4, 0.5) is 0 Å². The third kappa shape index (κ3) is 0.756. The summed E-state index contributed by atoms with van der Waals surface area (Å²) in [4.78, 5) is 11.4. The number of hydrogen-bond acceptors (Lipinski definition) is 4. The van der Waals surface area contributed by atoms with Crippen LogP contribution >= 0.6 is 0 Å². The van der Waals surface area contributed by atoms with Gasteiger partial charge in [-0.2, -0.15) is 0 Å². The molecule has 4 unspecified atom stereocenters. The van der Waals surface area contributed by atoms with E-state index in [1.807, 2.05) is 6.92 Å². The Hall–Kier alpha value is -1.03. The molecule has 0 amide bonds. The molecule has 0 aromatic heterocycles. The van der Waals surface area contributed by atoms with E-state index in [9.17, 15) is 9.90 Å². The zero-order chi connectivity index (χ0) is 9.92. The Morgan fingerprint density at radius 1 is 1.64 bits per heavy atom. The standard InChI is InChI=1S/C10H12O4/c1-5-2-7-8-6(9(11)14-7)3-13-4-10(5,8)12/h3,5,7-8,12H,2,4H2,1H3. The van der Waals surface area contributed by atoms with Crippen molar-refractivity contribution in [1.82, 2.24) is 0 Å². The summed E-state index contributed by atoms with van der Waals surface area (Å²) in [5.41, 5.74) is -0.394. The molecule has 0 radical (unpaired) electrons. The first-order valence-corrected chi connectivity index (χ1v) is 4.88. The van der Waals surface area contributed by atoms with Crippen LogP contribution in [0, 0.1) is 11.8 Å². The second-order valence-corrected chi connectivity index (χ2v) is 4.43. The molecule has 4 nitrogen and oxygen atoms in total. The van der Waals surface area contributed by atoms with Crippen LogP contribution in [0.5, 0.6) is 0 Å². The number of hydrogen-bond donors (Lipinski definition) is 1. The van der Waals surface area contributed by atoms with Crippen LogP contribution in [-0.4, -0.2) is 29.4 Å². The lowest BCUT2D eigenvalue weighted by Crippen LogP contribution is -2.46. The summed E-state index contributed by atoms with van der Waals surface area (Å²) in [5.74, 6) is -0.377. The average molecular weight is 196 g/mol. The van der Waals surface area contributed by atoms with E-state index in [4.69, 9.17) is 9.47 Å². The first kappa shape index (κ1) is 8.29. The van der Waals surface area contributed by atoms with Gasteiger partial charge >= 0.3 is 5.97 Å². The molecule has 0 aromatic carbocycles. The highest BCUT2D eigenvalue weighted by Crippen LogP contribution is 2.51. The van der Waals surface area contributed by atoms with Gasteiger partial charge in [-0.1, -0.05) is 6.92 Å². The highest BCUT2D eigenvalue weighted by atomic mass is 16.6. The lowest BCUT2D eigenvalue weighted by molar-refractivity contribution is -0.139. The SMILES string of the molecule is CC1CC2OC(=O)C3=COCC1(O)C32. The fraction of sp³-hybridized carbons (Fsp3) is 0.700. The smallest absolute Gasteiger partial charge is 0.337 e. The number of carbonyl (C=O) groups is 1. The third-order valence-corrected chi connectivity index (χ3v) is 3.70. The molecule has 2 fully saturated rings. The quantitative estimate of drug-likeness (QED) is 0.563. The van der Waals surface area contributed by atoms with Crippen molar-refractivity contribution >= 4 is 5.97 Å². The Morgan fingerprint density at radius 3 is 3.21 bits per heavy atom. The van der Waals surface area contributed by atoms with E-state index >= 15 is 0 Å². The van der Waals surface area contributed by atoms with Crippen molar-refractivity contribution in [3.8, 4) is 0 Å². The van der Waals surface area contributed by atoms with Crippen molar-refractivity contribution in [1.29, 1.82) is 0 Å². The summed E-state index contributed by atoms with van der Waals surface area (Å²) >= 11 is 0. The first-order chi connectivity index (χ1) is 6.63. The first-order valence-electron chi connectivity index (χ1n) is 4.88.